The maximum Gasteiger partial charge on any atom is 0.303 e. The van der Waals surface area contributed by atoms with Crippen LogP contribution in [0.1, 0.15) is 136 Å². The minimum Gasteiger partial charge on any atom is -0.456 e. The summed E-state index contributed by atoms with van der Waals surface area (Å²) in [6.45, 7) is 26.7. The predicted molar refractivity (Wildman–Crippen MR) is 307 cm³/mol. The van der Waals surface area contributed by atoms with E-state index >= 15 is 0 Å². The van der Waals surface area contributed by atoms with Gasteiger partial charge in [0.1, 0.15) is 12.2 Å². The van der Waals surface area contributed by atoms with Gasteiger partial charge in [0, 0.05) is 41.5 Å². The number of aliphatic hydroxyl groups is 2. The number of hydrogen-bond donors (Lipinski definition) is 2. The summed E-state index contributed by atoms with van der Waals surface area (Å²) in [5, 5.41) is 20.4. The van der Waals surface area contributed by atoms with E-state index in [9.17, 15) is 39.0 Å². The van der Waals surface area contributed by atoms with Crippen molar-refractivity contribution in [1.82, 2.24) is 0 Å². The van der Waals surface area contributed by atoms with E-state index in [0.717, 1.165) is 44.6 Å². The van der Waals surface area contributed by atoms with Crippen LogP contribution in [0, 0.1) is 10.8 Å². The Balaban J connectivity index is 1.34. The van der Waals surface area contributed by atoms with Crippen LogP contribution in [0.2, 0.25) is 0 Å². The van der Waals surface area contributed by atoms with Gasteiger partial charge in [0.15, 0.2) is 49.2 Å². The van der Waals surface area contributed by atoms with Gasteiger partial charge in [-0.2, -0.15) is 0 Å². The average molecular weight is 1150 g/mol. The van der Waals surface area contributed by atoms with Crippen molar-refractivity contribution in [3.05, 3.63) is 130 Å². The summed E-state index contributed by atoms with van der Waals surface area (Å²) in [7, 11) is 0. The Morgan fingerprint density at radius 1 is 0.439 bits per heavy atom. The molecule has 0 amide bonds. The first-order valence-electron chi connectivity index (χ1n) is 27.8. The molecule has 82 heavy (non-hydrogen) atoms. The molecule has 452 valence electrons. The van der Waals surface area contributed by atoms with Gasteiger partial charge in [-0.15, -0.1) is 0 Å². The lowest BCUT2D eigenvalue weighted by molar-refractivity contribution is -0.318. The van der Waals surface area contributed by atoms with E-state index in [4.69, 9.17) is 47.4 Å². The highest BCUT2D eigenvalue weighted by molar-refractivity contribution is 5.69. The predicted octanol–water partition coefficient (Wildman–Crippen LogP) is 9.62. The van der Waals surface area contributed by atoms with Gasteiger partial charge in [-0.3, -0.25) is 28.8 Å². The molecule has 2 aliphatic carbocycles. The number of rotatable bonds is 22. The van der Waals surface area contributed by atoms with Crippen LogP contribution in [0.15, 0.2) is 130 Å². The second-order valence-electron chi connectivity index (χ2n) is 22.8. The number of ether oxygens (including phenoxy) is 10. The maximum absolute atomic E-state index is 12.3. The van der Waals surface area contributed by atoms with E-state index in [1.807, 2.05) is 102 Å². The fourth-order valence-electron chi connectivity index (χ4n) is 10.9. The standard InChI is InChI=1S/C64H88O18/c1-37(23-19-25-39(3)27-29-51-41(5)31-49(33-63(51,13)14)79-61-59(77-47(11)71)57(75-45(9)69)55(73-43(7)67)53(35-65)81-61)21-17-18-22-38(2)24-20-26-40(4)28-30-52-42(6)32-50(34-64(52,15)16)80-62-60(78-48(12)72)58(76-46(10)70)56(74-44(8)68)54(36-66)82-62/h17-30,49-50,53-62,65-66H,31-36H2,1-16H3/b18-17+,23-19+,24-20+,29-27+,30-28+,37-21+,38-22+,39-25+,40-26+/t49-,50-,53-,54-,55-,56-,57+,58+,59-,60-,61-,62-/m1/s1. The van der Waals surface area contributed by atoms with Crippen molar-refractivity contribution < 1.29 is 86.3 Å². The van der Waals surface area contributed by atoms with Crippen molar-refractivity contribution in [3.63, 3.8) is 0 Å². The summed E-state index contributed by atoms with van der Waals surface area (Å²) in [6, 6.07) is 0. The topological polar surface area (TPSA) is 235 Å². The molecule has 2 N–H and O–H groups in total. The summed E-state index contributed by atoms with van der Waals surface area (Å²) >= 11 is 0. The number of hydrogen-bond acceptors (Lipinski definition) is 18. The average Bonchev–Trinajstić information content (AvgIpc) is 3.40. The van der Waals surface area contributed by atoms with Crippen LogP contribution in [0.5, 0.6) is 0 Å². The monoisotopic (exact) mass is 1140 g/mol. The highest BCUT2D eigenvalue weighted by Crippen LogP contribution is 2.45. The van der Waals surface area contributed by atoms with E-state index in [0.29, 0.717) is 25.7 Å². The molecule has 0 radical (unpaired) electrons. The molecule has 0 saturated carbocycles. The van der Waals surface area contributed by atoms with Gasteiger partial charge in [0.2, 0.25) is 0 Å². The summed E-state index contributed by atoms with van der Waals surface area (Å²) in [6.07, 6.45) is 18.0. The molecule has 2 saturated heterocycles. The van der Waals surface area contributed by atoms with Crippen LogP contribution in [0.4, 0.5) is 0 Å². The summed E-state index contributed by atoms with van der Waals surface area (Å²) in [5.74, 6) is -4.14. The van der Waals surface area contributed by atoms with Gasteiger partial charge in [0.25, 0.3) is 0 Å². The van der Waals surface area contributed by atoms with Crippen LogP contribution in [0.3, 0.4) is 0 Å². The Bertz CT molecular complexity index is 2470. The minimum atomic E-state index is -1.28. The molecule has 0 spiro atoms. The quantitative estimate of drug-likeness (QED) is 0.0583. The third kappa shape index (κ3) is 20.9. The second-order valence-corrected chi connectivity index (χ2v) is 22.8. The molecule has 18 heteroatoms. The number of allylic oxidation sites excluding steroid dienone is 20. The molecule has 0 aromatic rings. The summed E-state index contributed by atoms with van der Waals surface area (Å²) < 4.78 is 58.0. The van der Waals surface area contributed by atoms with Crippen molar-refractivity contribution in [2.24, 2.45) is 10.8 Å². The van der Waals surface area contributed by atoms with Gasteiger partial charge < -0.3 is 57.6 Å². The SMILES string of the molecule is CC(=O)O[C@@H]1[C@@H](OC(C)=O)[C@H](O[C@@H]2CC(C)=C(/C=C/C(C)=C/C=C/C(C)=C/C=C/C=C(C)/C=C/C=C(C)/C=C/C3=C(C)C[C@@H](O[C@@H]4O[C@H](CO)[C@@H](OC(C)=O)[C@H](OC(C)=O)[C@H]4OC(C)=O)CC3(C)C)C(C)(C)C2)O[C@H](CO)[C@H]1OC(C)=O. The third-order valence-electron chi connectivity index (χ3n) is 14.2. The highest BCUT2D eigenvalue weighted by atomic mass is 16.7. The first-order chi connectivity index (χ1) is 38.4. The molecule has 2 fully saturated rings. The molecular formula is C64H88O18. The van der Waals surface area contributed by atoms with Crippen molar-refractivity contribution in [3.8, 4) is 0 Å². The molecule has 0 aromatic carbocycles. The molecule has 2 aliphatic heterocycles. The van der Waals surface area contributed by atoms with Crippen molar-refractivity contribution in [1.29, 1.82) is 0 Å². The summed E-state index contributed by atoms with van der Waals surface area (Å²) in [4.78, 5) is 72.8. The van der Waals surface area contributed by atoms with Crippen molar-refractivity contribution >= 4 is 35.8 Å². The smallest absolute Gasteiger partial charge is 0.303 e. The second kappa shape index (κ2) is 31.4. The van der Waals surface area contributed by atoms with E-state index < -0.39 is 110 Å². The minimum absolute atomic E-state index is 0.332. The lowest BCUT2D eigenvalue weighted by atomic mass is 9.71. The summed E-state index contributed by atoms with van der Waals surface area (Å²) in [5.41, 5.74) is 8.10. The van der Waals surface area contributed by atoms with Crippen LogP contribution in [-0.4, -0.2) is 133 Å². The van der Waals surface area contributed by atoms with E-state index in [1.165, 1.54) is 41.5 Å². The van der Waals surface area contributed by atoms with Gasteiger partial charge in [-0.25, -0.2) is 0 Å². The zero-order valence-corrected chi connectivity index (χ0v) is 50.7. The normalized spacial score (nSPS) is 29.4. The van der Waals surface area contributed by atoms with Gasteiger partial charge in [-0.1, -0.05) is 146 Å². The van der Waals surface area contributed by atoms with Crippen LogP contribution >= 0.6 is 0 Å². The molecule has 2 heterocycles. The number of esters is 6. The molecule has 18 nitrogen and oxygen atoms in total. The zero-order chi connectivity index (χ0) is 61.2. The van der Waals surface area contributed by atoms with Gasteiger partial charge in [-0.05, 0) is 89.2 Å². The Hall–Kier alpha value is -6.28. The molecule has 0 unspecified atom stereocenters. The van der Waals surface area contributed by atoms with Crippen LogP contribution < -0.4 is 0 Å². The molecule has 4 rings (SSSR count). The Labute approximate surface area is 484 Å². The zero-order valence-electron chi connectivity index (χ0n) is 50.7. The first-order valence-corrected chi connectivity index (χ1v) is 27.8. The van der Waals surface area contributed by atoms with Crippen LogP contribution in [0.25, 0.3) is 0 Å². The first kappa shape index (κ1) is 68.2. The molecule has 4 aliphatic rings. The highest BCUT2D eigenvalue weighted by Gasteiger charge is 2.55. The molecule has 0 bridgehead atoms. The third-order valence-corrected chi connectivity index (χ3v) is 14.2. The maximum atomic E-state index is 12.3. The van der Waals surface area contributed by atoms with E-state index in [2.05, 4.69) is 52.0 Å². The van der Waals surface area contributed by atoms with Crippen LogP contribution in [-0.2, 0) is 76.1 Å². The molecule has 12 atom stereocenters. The largest absolute Gasteiger partial charge is 0.456 e. The lowest BCUT2D eigenvalue weighted by Crippen LogP contribution is -2.63. The van der Waals surface area contributed by atoms with E-state index in [-0.39, 0.29) is 23.0 Å². The molecule has 0 aromatic heterocycles. The number of aliphatic hydroxyl groups excluding tert-OH is 2. The lowest BCUT2D eigenvalue weighted by Gasteiger charge is -2.46. The Morgan fingerprint density at radius 3 is 1.01 bits per heavy atom. The molecular weight excluding hydrogens is 1060 g/mol. The Kier molecular flexibility index (Phi) is 26.1. The fraction of sp³-hybridized carbons (Fsp3) is 0.562. The number of carbonyl (C=O) groups is 6. The Morgan fingerprint density at radius 2 is 0.720 bits per heavy atom. The van der Waals surface area contributed by atoms with Gasteiger partial charge >= 0.3 is 35.8 Å². The van der Waals surface area contributed by atoms with Crippen molar-refractivity contribution in [2.45, 2.75) is 210 Å². The van der Waals surface area contributed by atoms with Gasteiger partial charge in [0.05, 0.1) is 25.4 Å². The fourth-order valence-corrected chi connectivity index (χ4v) is 10.9. The van der Waals surface area contributed by atoms with Crippen molar-refractivity contribution in [2.75, 3.05) is 13.2 Å². The number of carbonyl (C=O) groups excluding carboxylic acids is 6. The van der Waals surface area contributed by atoms with E-state index in [1.54, 1.807) is 0 Å².